The van der Waals surface area contributed by atoms with Crippen LogP contribution in [-0.4, -0.2) is 83.5 Å². The number of para-hydroxylation sites is 1. The Hall–Kier alpha value is -2.81. The van der Waals surface area contributed by atoms with Gasteiger partial charge in [0.2, 0.25) is 0 Å². The molecule has 2 aromatic carbocycles. The van der Waals surface area contributed by atoms with Gasteiger partial charge in [0, 0.05) is 51.3 Å². The van der Waals surface area contributed by atoms with E-state index in [0.717, 1.165) is 57.0 Å². The third kappa shape index (κ3) is 5.45. The molecule has 1 aromatic heterocycles. The zero-order valence-electron chi connectivity index (χ0n) is 20.2. The average molecular weight is 529 g/mol. The van der Waals surface area contributed by atoms with Crippen LogP contribution in [-0.2, 0) is 11.2 Å². The van der Waals surface area contributed by atoms with Gasteiger partial charge in [0.25, 0.3) is 0 Å². The summed E-state index contributed by atoms with van der Waals surface area (Å²) in [6, 6.07) is 14.3. The van der Waals surface area contributed by atoms with Gasteiger partial charge in [-0.3, -0.25) is 10.00 Å². The molecule has 0 spiro atoms. The number of anilines is 1. The van der Waals surface area contributed by atoms with E-state index in [1.807, 2.05) is 18.2 Å². The first-order valence-electron chi connectivity index (χ1n) is 12.2. The Morgan fingerprint density at radius 2 is 1.92 bits per heavy atom. The Morgan fingerprint density at radius 1 is 1.11 bits per heavy atom. The molecule has 2 atom stereocenters. The van der Waals surface area contributed by atoms with Gasteiger partial charge < -0.3 is 14.5 Å². The Kier molecular flexibility index (Phi) is 7.65. The van der Waals surface area contributed by atoms with Gasteiger partial charge >= 0.3 is 6.09 Å². The number of carbonyl (C=O) groups is 1. The summed E-state index contributed by atoms with van der Waals surface area (Å²) in [6.45, 7) is 5.17. The maximum atomic E-state index is 12.1. The number of carbonyl (C=O) groups excluding carboxylic acids is 1. The van der Waals surface area contributed by atoms with Gasteiger partial charge in [-0.15, -0.1) is 0 Å². The number of amides is 1. The number of rotatable bonds is 8. The molecule has 3 aromatic rings. The van der Waals surface area contributed by atoms with Crippen LogP contribution in [0.15, 0.2) is 48.8 Å². The number of cyclic esters (lactones) is 1. The zero-order valence-corrected chi connectivity index (χ0v) is 21.8. The number of H-pyrrole nitrogens is 1. The molecule has 2 saturated heterocycles. The summed E-state index contributed by atoms with van der Waals surface area (Å²) in [5.41, 5.74) is 3.58. The zero-order chi connectivity index (χ0) is 25.1. The van der Waals surface area contributed by atoms with Crippen LogP contribution in [0.4, 0.5) is 10.5 Å². The maximum absolute atomic E-state index is 12.1. The molecule has 10 heteroatoms. The molecule has 3 heterocycles. The van der Waals surface area contributed by atoms with Gasteiger partial charge in [-0.2, -0.15) is 5.10 Å². The first-order chi connectivity index (χ1) is 17.5. The van der Waals surface area contributed by atoms with Crippen molar-refractivity contribution in [2.24, 2.45) is 0 Å². The molecule has 0 unspecified atom stereocenters. The number of halogens is 2. The predicted molar refractivity (Wildman–Crippen MR) is 141 cm³/mol. The highest BCUT2D eigenvalue weighted by Gasteiger charge is 2.37. The highest BCUT2D eigenvalue weighted by molar-refractivity contribution is 6.42. The van der Waals surface area contributed by atoms with Crippen LogP contribution in [0.5, 0.6) is 0 Å². The number of aromatic amines is 1. The summed E-state index contributed by atoms with van der Waals surface area (Å²) in [5.74, 6) is 0.977. The van der Waals surface area contributed by atoms with E-state index in [9.17, 15) is 4.79 Å². The van der Waals surface area contributed by atoms with Crippen LogP contribution in [0.3, 0.4) is 0 Å². The fourth-order valence-electron chi connectivity index (χ4n) is 5.22. The topological polar surface area (TPSA) is 77.6 Å². The molecule has 0 aliphatic carbocycles. The molecular formula is C26H30Cl2N6O2. The van der Waals surface area contributed by atoms with Crippen LogP contribution in [0.25, 0.3) is 0 Å². The van der Waals surface area contributed by atoms with Gasteiger partial charge in [0.1, 0.15) is 18.8 Å². The standard InChI is InChI=1S/C26H30Cl2N6O2/c1-32-24(16-36-26(32)35)20(18-6-7-21(27)22(28)14-18)8-9-33-10-12-34(13-11-33)23-5-3-2-4-19(23)15-25-29-17-30-31-25/h2-7,14,17,20,24H,8-13,15-16H2,1H3,(H,29,30,31)/t20-,24+/m0/s1. The van der Waals surface area contributed by atoms with E-state index in [-0.39, 0.29) is 18.1 Å². The van der Waals surface area contributed by atoms with Crippen molar-refractivity contribution < 1.29 is 9.53 Å². The minimum Gasteiger partial charge on any atom is -0.447 e. The smallest absolute Gasteiger partial charge is 0.409 e. The van der Waals surface area contributed by atoms with Gasteiger partial charge in [-0.25, -0.2) is 9.78 Å². The Morgan fingerprint density at radius 3 is 2.61 bits per heavy atom. The number of ether oxygens (including phenoxy) is 1. The maximum Gasteiger partial charge on any atom is 0.409 e. The monoisotopic (exact) mass is 528 g/mol. The third-order valence-corrected chi connectivity index (χ3v) is 8.02. The minimum absolute atomic E-state index is 0.0287. The van der Waals surface area contributed by atoms with E-state index >= 15 is 0 Å². The lowest BCUT2D eigenvalue weighted by Crippen LogP contribution is -2.47. The number of nitrogens with one attached hydrogen (secondary N) is 1. The second-order valence-electron chi connectivity index (χ2n) is 9.39. The highest BCUT2D eigenvalue weighted by atomic mass is 35.5. The average Bonchev–Trinajstić information content (AvgIpc) is 3.52. The quantitative estimate of drug-likeness (QED) is 0.465. The number of benzene rings is 2. The normalized spacial score (nSPS) is 19.5. The van der Waals surface area contributed by atoms with Crippen molar-refractivity contribution in [3.63, 3.8) is 0 Å². The van der Waals surface area contributed by atoms with Crippen LogP contribution >= 0.6 is 23.2 Å². The first kappa shape index (κ1) is 24.9. The lowest BCUT2D eigenvalue weighted by atomic mass is 9.88. The molecule has 0 radical (unpaired) electrons. The van der Waals surface area contributed by atoms with Crippen molar-refractivity contribution in [1.82, 2.24) is 25.0 Å². The molecule has 190 valence electrons. The van der Waals surface area contributed by atoms with Crippen LogP contribution in [0.1, 0.15) is 29.3 Å². The van der Waals surface area contributed by atoms with Gasteiger partial charge in [-0.1, -0.05) is 47.5 Å². The number of piperazine rings is 1. The molecule has 2 aliphatic rings. The van der Waals surface area contributed by atoms with Crippen molar-refractivity contribution in [3.05, 3.63) is 75.8 Å². The van der Waals surface area contributed by atoms with Crippen molar-refractivity contribution >= 4 is 35.0 Å². The van der Waals surface area contributed by atoms with E-state index in [0.29, 0.717) is 16.7 Å². The van der Waals surface area contributed by atoms with Crippen molar-refractivity contribution in [3.8, 4) is 0 Å². The molecule has 0 saturated carbocycles. The fraction of sp³-hybridized carbons (Fsp3) is 0.423. The Labute approximate surface area is 221 Å². The fourth-order valence-corrected chi connectivity index (χ4v) is 5.52. The predicted octanol–water partition coefficient (Wildman–Crippen LogP) is 4.45. The lowest BCUT2D eigenvalue weighted by Gasteiger charge is -2.38. The van der Waals surface area contributed by atoms with E-state index in [1.165, 1.54) is 11.3 Å². The number of nitrogens with zero attached hydrogens (tertiary/aromatic N) is 5. The third-order valence-electron chi connectivity index (χ3n) is 7.28. The molecule has 1 amide bonds. The molecule has 8 nitrogen and oxygen atoms in total. The van der Waals surface area contributed by atoms with Crippen molar-refractivity contribution in [2.45, 2.75) is 24.8 Å². The summed E-state index contributed by atoms with van der Waals surface area (Å²) in [6.07, 6.45) is 2.90. The second kappa shape index (κ2) is 11.1. The summed E-state index contributed by atoms with van der Waals surface area (Å²) >= 11 is 12.5. The van der Waals surface area contributed by atoms with Crippen molar-refractivity contribution in [1.29, 1.82) is 0 Å². The number of aromatic nitrogens is 3. The Bertz CT molecular complexity index is 1180. The first-order valence-corrected chi connectivity index (χ1v) is 13.0. The molecule has 2 aliphatic heterocycles. The second-order valence-corrected chi connectivity index (χ2v) is 10.2. The lowest BCUT2D eigenvalue weighted by molar-refractivity contribution is 0.163. The van der Waals surface area contributed by atoms with E-state index in [4.69, 9.17) is 27.9 Å². The molecule has 2 fully saturated rings. The van der Waals surface area contributed by atoms with Gasteiger partial charge in [-0.05, 0) is 42.3 Å². The van der Waals surface area contributed by atoms with Gasteiger partial charge in [0.05, 0.1) is 16.1 Å². The summed E-state index contributed by atoms with van der Waals surface area (Å²) in [7, 11) is 1.81. The molecule has 5 rings (SSSR count). The van der Waals surface area contributed by atoms with Gasteiger partial charge in [0.15, 0.2) is 0 Å². The summed E-state index contributed by atoms with van der Waals surface area (Å²) in [5, 5.41) is 8.00. The molecule has 0 bridgehead atoms. The molecular weight excluding hydrogens is 499 g/mol. The number of hydrogen-bond acceptors (Lipinski definition) is 6. The largest absolute Gasteiger partial charge is 0.447 e. The van der Waals surface area contributed by atoms with E-state index < -0.39 is 0 Å². The minimum atomic E-state index is -0.275. The summed E-state index contributed by atoms with van der Waals surface area (Å²) in [4.78, 5) is 23.0. The van der Waals surface area contributed by atoms with E-state index in [1.54, 1.807) is 18.3 Å². The van der Waals surface area contributed by atoms with Crippen LogP contribution < -0.4 is 4.90 Å². The van der Waals surface area contributed by atoms with Crippen molar-refractivity contribution in [2.75, 3.05) is 51.3 Å². The molecule has 1 N–H and O–H groups in total. The molecule has 36 heavy (non-hydrogen) atoms. The van der Waals surface area contributed by atoms with E-state index in [2.05, 4.69) is 49.2 Å². The van der Waals surface area contributed by atoms with Crippen LogP contribution in [0.2, 0.25) is 10.0 Å². The Balaban J connectivity index is 1.23. The number of hydrogen-bond donors (Lipinski definition) is 1. The summed E-state index contributed by atoms with van der Waals surface area (Å²) < 4.78 is 5.33. The SMILES string of the molecule is CN1C(=O)OC[C@@H]1[C@@H](CCN1CCN(c2ccccc2Cc2ncn[nH]2)CC1)c1ccc(Cl)c(Cl)c1. The van der Waals surface area contributed by atoms with Crippen LogP contribution in [0, 0.1) is 0 Å². The highest BCUT2D eigenvalue weighted by Crippen LogP contribution is 2.34. The number of likely N-dealkylation sites (N-methyl/N-ethyl adjacent to an activating group) is 1.